The van der Waals surface area contributed by atoms with Gasteiger partial charge in [0.25, 0.3) is 0 Å². The van der Waals surface area contributed by atoms with Crippen LogP contribution >= 0.6 is 0 Å². The third kappa shape index (κ3) is 3.64. The number of carbonyl (C=O) groups is 2. The summed E-state index contributed by atoms with van der Waals surface area (Å²) in [5.74, 6) is -0.172. The number of hydrogen-bond donors (Lipinski definition) is 0. The lowest BCUT2D eigenvalue weighted by molar-refractivity contribution is -0.141. The molecule has 2 atom stereocenters. The van der Waals surface area contributed by atoms with Gasteiger partial charge in [0.2, 0.25) is 11.8 Å². The van der Waals surface area contributed by atoms with Gasteiger partial charge < -0.3 is 9.80 Å². The van der Waals surface area contributed by atoms with Crippen LogP contribution in [0.1, 0.15) is 43.0 Å². The van der Waals surface area contributed by atoms with E-state index in [4.69, 9.17) is 0 Å². The van der Waals surface area contributed by atoms with Gasteiger partial charge in [0.15, 0.2) is 0 Å². The summed E-state index contributed by atoms with van der Waals surface area (Å²) < 4.78 is 1.60. The van der Waals surface area contributed by atoms with Gasteiger partial charge in [-0.05, 0) is 43.4 Å². The summed E-state index contributed by atoms with van der Waals surface area (Å²) >= 11 is 0. The fourth-order valence-electron chi connectivity index (χ4n) is 3.64. The predicted octanol–water partition coefficient (Wildman–Crippen LogP) is 2.44. The Labute approximate surface area is 154 Å². The van der Waals surface area contributed by atoms with E-state index in [1.54, 1.807) is 42.0 Å². The van der Waals surface area contributed by atoms with Crippen LogP contribution in [-0.2, 0) is 16.0 Å². The van der Waals surface area contributed by atoms with Crippen molar-refractivity contribution in [3.8, 4) is 0 Å². The van der Waals surface area contributed by atoms with E-state index in [0.29, 0.717) is 0 Å². The molecule has 1 aromatic carbocycles. The van der Waals surface area contributed by atoms with Crippen molar-refractivity contribution in [1.29, 1.82) is 0 Å². The number of aromatic nitrogens is 2. The topological polar surface area (TPSA) is 58.4 Å². The first-order valence-electron chi connectivity index (χ1n) is 9.06. The molecule has 0 saturated carbocycles. The highest BCUT2D eigenvalue weighted by Crippen LogP contribution is 2.33. The Balaban J connectivity index is 1.65. The van der Waals surface area contributed by atoms with E-state index in [0.717, 1.165) is 19.3 Å². The van der Waals surface area contributed by atoms with Gasteiger partial charge in [0.1, 0.15) is 6.04 Å². The maximum Gasteiger partial charge on any atom is 0.247 e. The average Bonchev–Trinajstić information content (AvgIpc) is 3.20. The van der Waals surface area contributed by atoms with Gasteiger partial charge in [-0.3, -0.25) is 14.3 Å². The highest BCUT2D eigenvalue weighted by Gasteiger charge is 2.28. The summed E-state index contributed by atoms with van der Waals surface area (Å²) in [6.45, 7) is 1.86. The number of amides is 2. The monoisotopic (exact) mass is 354 g/mol. The number of nitrogens with zero attached hydrogens (tertiary/aromatic N) is 4. The maximum atomic E-state index is 12.8. The van der Waals surface area contributed by atoms with Gasteiger partial charge in [0, 0.05) is 26.5 Å². The molecule has 0 N–H and O–H groups in total. The standard InChI is InChI=1S/C20H26N4O2/c1-15(24-13-7-12-21-24)20(26)22(2)14-19(25)23(3)18-11-6-9-16-8-4-5-10-17(16)18/h4-5,7-8,10,12-13,15,18H,6,9,11,14H2,1-3H3. The second-order valence-corrected chi connectivity index (χ2v) is 6.97. The van der Waals surface area contributed by atoms with Gasteiger partial charge in [0.05, 0.1) is 12.6 Å². The smallest absolute Gasteiger partial charge is 0.247 e. The zero-order chi connectivity index (χ0) is 18.7. The third-order valence-electron chi connectivity index (χ3n) is 5.23. The van der Waals surface area contributed by atoms with E-state index >= 15 is 0 Å². The van der Waals surface area contributed by atoms with Crippen molar-refractivity contribution < 1.29 is 9.59 Å². The molecule has 1 aliphatic carbocycles. The summed E-state index contributed by atoms with van der Waals surface area (Å²) in [5.41, 5.74) is 2.55. The van der Waals surface area contributed by atoms with Crippen LogP contribution in [0.15, 0.2) is 42.7 Å². The van der Waals surface area contributed by atoms with Crippen LogP contribution in [0.5, 0.6) is 0 Å². The van der Waals surface area contributed by atoms with Gasteiger partial charge in [-0.1, -0.05) is 24.3 Å². The zero-order valence-electron chi connectivity index (χ0n) is 15.6. The lowest BCUT2D eigenvalue weighted by Gasteiger charge is -2.34. The normalized spacial score (nSPS) is 17.3. The fraction of sp³-hybridized carbons (Fsp3) is 0.450. The number of aryl methyl sites for hydroxylation is 1. The number of fused-ring (bicyclic) bond motifs is 1. The molecule has 0 aliphatic heterocycles. The third-order valence-corrected chi connectivity index (χ3v) is 5.23. The summed E-state index contributed by atoms with van der Waals surface area (Å²) in [5, 5.41) is 4.11. The summed E-state index contributed by atoms with van der Waals surface area (Å²) in [6.07, 6.45) is 6.49. The first-order valence-corrected chi connectivity index (χ1v) is 9.06. The minimum Gasteiger partial charge on any atom is -0.337 e. The Morgan fingerprint density at radius 1 is 1.27 bits per heavy atom. The molecule has 0 bridgehead atoms. The van der Waals surface area contributed by atoms with Crippen LogP contribution < -0.4 is 0 Å². The molecular formula is C20H26N4O2. The van der Waals surface area contributed by atoms with Gasteiger partial charge in [-0.2, -0.15) is 5.10 Å². The molecule has 0 saturated heterocycles. The molecule has 26 heavy (non-hydrogen) atoms. The molecule has 0 fully saturated rings. The van der Waals surface area contributed by atoms with Crippen LogP contribution in [0.3, 0.4) is 0 Å². The molecule has 2 aromatic rings. The second kappa shape index (κ2) is 7.72. The largest absolute Gasteiger partial charge is 0.337 e. The average molecular weight is 354 g/mol. The number of rotatable bonds is 5. The molecule has 6 nitrogen and oxygen atoms in total. The SMILES string of the molecule is CC(C(=O)N(C)CC(=O)N(C)C1CCCc2ccccc21)n1cccn1. The molecule has 0 spiro atoms. The van der Waals surface area contributed by atoms with E-state index in [-0.39, 0.29) is 24.4 Å². The minimum atomic E-state index is -0.427. The molecule has 1 heterocycles. The van der Waals surface area contributed by atoms with E-state index in [1.807, 2.05) is 19.2 Å². The number of hydrogen-bond acceptors (Lipinski definition) is 3. The predicted molar refractivity (Wildman–Crippen MR) is 99.5 cm³/mol. The number of carbonyl (C=O) groups excluding carboxylic acids is 2. The van der Waals surface area contributed by atoms with Crippen molar-refractivity contribution in [2.75, 3.05) is 20.6 Å². The first-order chi connectivity index (χ1) is 12.5. The molecule has 1 aliphatic rings. The Kier molecular flexibility index (Phi) is 5.40. The first kappa shape index (κ1) is 18.2. The molecule has 2 unspecified atom stereocenters. The fourth-order valence-corrected chi connectivity index (χ4v) is 3.64. The van der Waals surface area contributed by atoms with Crippen LogP contribution in [0.4, 0.5) is 0 Å². The molecular weight excluding hydrogens is 328 g/mol. The Bertz CT molecular complexity index is 772. The van der Waals surface area contributed by atoms with E-state index in [2.05, 4.69) is 17.2 Å². The zero-order valence-corrected chi connectivity index (χ0v) is 15.6. The van der Waals surface area contributed by atoms with Crippen LogP contribution in [0.2, 0.25) is 0 Å². The van der Waals surface area contributed by atoms with E-state index < -0.39 is 6.04 Å². The van der Waals surface area contributed by atoms with Gasteiger partial charge in [-0.15, -0.1) is 0 Å². The molecule has 6 heteroatoms. The Morgan fingerprint density at radius 3 is 2.77 bits per heavy atom. The quantitative estimate of drug-likeness (QED) is 0.829. The van der Waals surface area contributed by atoms with Crippen molar-refractivity contribution >= 4 is 11.8 Å². The van der Waals surface area contributed by atoms with Crippen molar-refractivity contribution in [3.05, 3.63) is 53.9 Å². The van der Waals surface area contributed by atoms with Crippen LogP contribution in [0, 0.1) is 0 Å². The summed E-state index contributed by atoms with van der Waals surface area (Å²) in [6, 6.07) is 9.76. The second-order valence-electron chi connectivity index (χ2n) is 6.97. The maximum absolute atomic E-state index is 12.8. The van der Waals surface area contributed by atoms with Crippen molar-refractivity contribution in [2.24, 2.45) is 0 Å². The molecule has 138 valence electrons. The van der Waals surface area contributed by atoms with Crippen molar-refractivity contribution in [3.63, 3.8) is 0 Å². The van der Waals surface area contributed by atoms with E-state index in [9.17, 15) is 9.59 Å². The molecule has 2 amide bonds. The molecule has 3 rings (SSSR count). The van der Waals surface area contributed by atoms with Crippen molar-refractivity contribution in [2.45, 2.75) is 38.3 Å². The lowest BCUT2D eigenvalue weighted by Crippen LogP contribution is -2.43. The minimum absolute atomic E-state index is 0.0461. The van der Waals surface area contributed by atoms with Crippen molar-refractivity contribution in [1.82, 2.24) is 19.6 Å². The number of benzene rings is 1. The van der Waals surface area contributed by atoms with Gasteiger partial charge in [-0.25, -0.2) is 0 Å². The lowest BCUT2D eigenvalue weighted by atomic mass is 9.87. The highest BCUT2D eigenvalue weighted by atomic mass is 16.2. The Hall–Kier alpha value is -2.63. The van der Waals surface area contributed by atoms with Crippen LogP contribution in [0.25, 0.3) is 0 Å². The summed E-state index contributed by atoms with van der Waals surface area (Å²) in [4.78, 5) is 28.6. The number of likely N-dealkylation sites (N-methyl/N-ethyl adjacent to an activating group) is 2. The molecule has 0 radical (unpaired) electrons. The van der Waals surface area contributed by atoms with E-state index in [1.165, 1.54) is 16.0 Å². The van der Waals surface area contributed by atoms with Gasteiger partial charge >= 0.3 is 0 Å². The molecule has 1 aromatic heterocycles. The summed E-state index contributed by atoms with van der Waals surface area (Å²) in [7, 11) is 3.51. The van der Waals surface area contributed by atoms with Crippen LogP contribution in [-0.4, -0.2) is 52.0 Å². The highest BCUT2D eigenvalue weighted by molar-refractivity contribution is 5.86. The Morgan fingerprint density at radius 2 is 2.04 bits per heavy atom.